The van der Waals surface area contributed by atoms with Gasteiger partial charge in [0, 0.05) is 25.6 Å². The highest BCUT2D eigenvalue weighted by Crippen LogP contribution is 2.57. The zero-order valence-corrected chi connectivity index (χ0v) is 11.1. The number of benzene rings is 1. The molecule has 4 rings (SSSR count). The van der Waals surface area contributed by atoms with Crippen LogP contribution in [0.2, 0.25) is 0 Å². The molecule has 1 aromatic carbocycles. The van der Waals surface area contributed by atoms with Crippen LogP contribution in [0.25, 0.3) is 0 Å². The molecule has 0 saturated heterocycles. The van der Waals surface area contributed by atoms with E-state index in [2.05, 4.69) is 28.8 Å². The van der Waals surface area contributed by atoms with Gasteiger partial charge in [0.1, 0.15) is 0 Å². The third-order valence-corrected chi connectivity index (χ3v) is 5.08. The smallest absolute Gasteiger partial charge is 0.223 e. The summed E-state index contributed by atoms with van der Waals surface area (Å²) in [5.74, 6) is 2.05. The molecule has 0 radical (unpaired) electrons. The van der Waals surface area contributed by atoms with Gasteiger partial charge in [0.25, 0.3) is 0 Å². The number of hydrogen-bond acceptors (Lipinski definition) is 2. The van der Waals surface area contributed by atoms with Crippen molar-refractivity contribution in [3.63, 3.8) is 0 Å². The first-order valence-electron chi connectivity index (χ1n) is 7.42. The molecule has 0 spiro atoms. The van der Waals surface area contributed by atoms with Crippen LogP contribution in [0.1, 0.15) is 36.0 Å². The fraction of sp³-hybridized carbons (Fsp3) is 0.562. The minimum atomic E-state index is 0.285. The zero-order chi connectivity index (χ0) is 12.8. The Bertz CT molecular complexity index is 515. The first-order valence-corrected chi connectivity index (χ1v) is 7.42. The monoisotopic (exact) mass is 256 g/mol. The average Bonchev–Trinajstić information content (AvgIpc) is 2.85. The van der Waals surface area contributed by atoms with Crippen molar-refractivity contribution in [2.75, 3.05) is 0 Å². The molecule has 2 atom stereocenters. The molecule has 3 nitrogen and oxygen atoms in total. The van der Waals surface area contributed by atoms with E-state index in [1.807, 2.05) is 0 Å². The van der Waals surface area contributed by atoms with E-state index < -0.39 is 0 Å². The Morgan fingerprint density at radius 2 is 2.00 bits per heavy atom. The largest absolute Gasteiger partial charge is 0.352 e. The molecule has 2 N–H and O–H groups in total. The molecule has 2 unspecified atom stereocenters. The van der Waals surface area contributed by atoms with Gasteiger partial charge in [0.05, 0.1) is 0 Å². The molecule has 1 aliphatic heterocycles. The lowest BCUT2D eigenvalue weighted by atomic mass is 10.1. The summed E-state index contributed by atoms with van der Waals surface area (Å²) in [7, 11) is 0. The predicted octanol–water partition coefficient (Wildman–Crippen LogP) is 1.95. The summed E-state index contributed by atoms with van der Waals surface area (Å²) < 4.78 is 0. The molecule has 1 aromatic rings. The molecule has 2 saturated carbocycles. The van der Waals surface area contributed by atoms with E-state index in [4.69, 9.17) is 0 Å². The van der Waals surface area contributed by atoms with Crippen molar-refractivity contribution >= 4 is 5.91 Å². The van der Waals surface area contributed by atoms with E-state index >= 15 is 0 Å². The summed E-state index contributed by atoms with van der Waals surface area (Å²) in [5, 5.41) is 6.47. The van der Waals surface area contributed by atoms with Gasteiger partial charge >= 0.3 is 0 Å². The SMILES string of the molecule is O=C(NCc1ccc2c(c1)CNC2)C1C2CCCC21. The van der Waals surface area contributed by atoms with Crippen molar-refractivity contribution in [1.82, 2.24) is 10.6 Å². The standard InChI is InChI=1S/C16H20N2O/c19-16(15-13-2-1-3-14(13)15)18-7-10-4-5-11-8-17-9-12(11)6-10/h4-6,13-15,17H,1-3,7-9H2,(H,18,19). The number of rotatable bonds is 3. The molecule has 2 aliphatic carbocycles. The predicted molar refractivity (Wildman–Crippen MR) is 73.2 cm³/mol. The number of nitrogens with one attached hydrogen (secondary N) is 2. The van der Waals surface area contributed by atoms with Gasteiger partial charge < -0.3 is 10.6 Å². The van der Waals surface area contributed by atoms with E-state index in [1.54, 1.807) is 0 Å². The fourth-order valence-electron chi connectivity index (χ4n) is 3.98. The number of amides is 1. The van der Waals surface area contributed by atoms with Crippen molar-refractivity contribution in [1.29, 1.82) is 0 Å². The summed E-state index contributed by atoms with van der Waals surface area (Å²) in [5.41, 5.74) is 4.00. The molecule has 0 aromatic heterocycles. The summed E-state index contributed by atoms with van der Waals surface area (Å²) in [6, 6.07) is 6.55. The Hall–Kier alpha value is -1.35. The number of hydrogen-bond donors (Lipinski definition) is 2. The lowest BCUT2D eigenvalue weighted by molar-refractivity contribution is -0.123. The van der Waals surface area contributed by atoms with Crippen LogP contribution in [0.5, 0.6) is 0 Å². The van der Waals surface area contributed by atoms with Crippen LogP contribution in [0.3, 0.4) is 0 Å². The summed E-state index contributed by atoms with van der Waals surface area (Å²) in [6.07, 6.45) is 3.87. The average molecular weight is 256 g/mol. The van der Waals surface area contributed by atoms with Gasteiger partial charge in [-0.25, -0.2) is 0 Å². The van der Waals surface area contributed by atoms with Crippen LogP contribution < -0.4 is 10.6 Å². The quantitative estimate of drug-likeness (QED) is 0.868. The van der Waals surface area contributed by atoms with E-state index in [-0.39, 0.29) is 5.91 Å². The second-order valence-electron chi connectivity index (χ2n) is 6.21. The Morgan fingerprint density at radius 1 is 1.21 bits per heavy atom. The number of carbonyl (C=O) groups excluding carboxylic acids is 1. The lowest BCUT2D eigenvalue weighted by Crippen LogP contribution is -2.26. The van der Waals surface area contributed by atoms with Crippen molar-refractivity contribution in [2.45, 2.75) is 38.9 Å². The molecule has 1 amide bonds. The van der Waals surface area contributed by atoms with Gasteiger partial charge in [-0.15, -0.1) is 0 Å². The molecule has 3 heteroatoms. The van der Waals surface area contributed by atoms with Gasteiger partial charge in [-0.3, -0.25) is 4.79 Å². The van der Waals surface area contributed by atoms with Crippen molar-refractivity contribution in [3.05, 3.63) is 34.9 Å². The third-order valence-electron chi connectivity index (χ3n) is 5.08. The first kappa shape index (κ1) is 11.5. The van der Waals surface area contributed by atoms with E-state index in [9.17, 15) is 4.79 Å². The molecule has 19 heavy (non-hydrogen) atoms. The van der Waals surface area contributed by atoms with Gasteiger partial charge in [0.15, 0.2) is 0 Å². The minimum Gasteiger partial charge on any atom is -0.352 e. The second-order valence-corrected chi connectivity index (χ2v) is 6.21. The lowest BCUT2D eigenvalue weighted by Gasteiger charge is -2.08. The third kappa shape index (κ3) is 1.96. The Balaban J connectivity index is 1.36. The van der Waals surface area contributed by atoms with Crippen LogP contribution in [-0.2, 0) is 24.4 Å². The van der Waals surface area contributed by atoms with Crippen LogP contribution in [0, 0.1) is 17.8 Å². The fourth-order valence-corrected chi connectivity index (χ4v) is 3.98. The van der Waals surface area contributed by atoms with Gasteiger partial charge in [-0.2, -0.15) is 0 Å². The maximum absolute atomic E-state index is 12.1. The van der Waals surface area contributed by atoms with Gasteiger partial charge in [0.2, 0.25) is 5.91 Å². The van der Waals surface area contributed by atoms with Crippen LogP contribution in [0.4, 0.5) is 0 Å². The molecular formula is C16H20N2O. The van der Waals surface area contributed by atoms with Crippen LogP contribution in [0.15, 0.2) is 18.2 Å². The number of fused-ring (bicyclic) bond motifs is 2. The summed E-state index contributed by atoms with van der Waals surface area (Å²) >= 11 is 0. The molecule has 1 heterocycles. The summed E-state index contributed by atoms with van der Waals surface area (Å²) in [4.78, 5) is 12.1. The molecule has 3 aliphatic rings. The highest BCUT2D eigenvalue weighted by molar-refractivity contribution is 5.82. The van der Waals surface area contributed by atoms with E-state index in [0.717, 1.165) is 13.1 Å². The normalized spacial score (nSPS) is 30.8. The first-order chi connectivity index (χ1) is 9.33. The van der Waals surface area contributed by atoms with E-state index in [0.29, 0.717) is 24.3 Å². The Labute approximate surface area is 113 Å². The van der Waals surface area contributed by atoms with Gasteiger partial charge in [-0.05, 0) is 41.4 Å². The zero-order valence-electron chi connectivity index (χ0n) is 11.1. The Morgan fingerprint density at radius 3 is 2.84 bits per heavy atom. The summed E-state index contributed by atoms with van der Waals surface area (Å²) in [6.45, 7) is 2.62. The van der Waals surface area contributed by atoms with E-state index in [1.165, 1.54) is 36.0 Å². The maximum Gasteiger partial charge on any atom is 0.223 e. The van der Waals surface area contributed by atoms with Crippen LogP contribution >= 0.6 is 0 Å². The highest BCUT2D eigenvalue weighted by Gasteiger charge is 2.56. The van der Waals surface area contributed by atoms with Crippen molar-refractivity contribution < 1.29 is 4.79 Å². The number of carbonyl (C=O) groups is 1. The minimum absolute atomic E-state index is 0.285. The van der Waals surface area contributed by atoms with Crippen molar-refractivity contribution in [2.24, 2.45) is 17.8 Å². The molecule has 2 fully saturated rings. The molecule has 100 valence electrons. The van der Waals surface area contributed by atoms with Crippen LogP contribution in [-0.4, -0.2) is 5.91 Å². The highest BCUT2D eigenvalue weighted by atomic mass is 16.2. The Kier molecular flexibility index (Phi) is 2.62. The second kappa shape index (κ2) is 4.34. The molecule has 0 bridgehead atoms. The van der Waals surface area contributed by atoms with Gasteiger partial charge in [-0.1, -0.05) is 24.6 Å². The van der Waals surface area contributed by atoms with Crippen molar-refractivity contribution in [3.8, 4) is 0 Å². The topological polar surface area (TPSA) is 41.1 Å². The molecular weight excluding hydrogens is 236 g/mol. The maximum atomic E-state index is 12.1.